The van der Waals surface area contributed by atoms with E-state index < -0.39 is 20.8 Å². The van der Waals surface area contributed by atoms with Gasteiger partial charge in [0.05, 0.1) is 9.52 Å². The third-order valence-electron chi connectivity index (χ3n) is 7.49. The number of hydrogen-bond donors (Lipinski definition) is 0. The van der Waals surface area contributed by atoms with E-state index in [0.717, 1.165) is 9.52 Å². The summed E-state index contributed by atoms with van der Waals surface area (Å²) in [6, 6.07) is 36.4. The van der Waals surface area contributed by atoms with Gasteiger partial charge in [-0.25, -0.2) is 0 Å². The number of fused-ring (bicyclic) bond motifs is 4. The quantitative estimate of drug-likeness (QED) is 0.132. The van der Waals surface area contributed by atoms with Gasteiger partial charge in [0.25, 0.3) is 0 Å². The van der Waals surface area contributed by atoms with Crippen LogP contribution in [0.5, 0.6) is 0 Å². The summed E-state index contributed by atoms with van der Waals surface area (Å²) in [6.07, 6.45) is 1.19. The first-order chi connectivity index (χ1) is 18.9. The van der Waals surface area contributed by atoms with Crippen molar-refractivity contribution in [3.63, 3.8) is 0 Å². The SMILES string of the molecule is CCC(C)c1cc2c(-c3ccccc3C(C)C)c(C)ccc2[cH-]1.[Cl][Zr+2][Cl].[c-]1cccc2c1[Si]c1ccccc1-2. The van der Waals surface area contributed by atoms with Crippen molar-refractivity contribution in [1.29, 1.82) is 0 Å². The predicted molar refractivity (Wildman–Crippen MR) is 170 cm³/mol. The second-order valence-electron chi connectivity index (χ2n) is 10.3. The molecule has 4 heteroatoms. The van der Waals surface area contributed by atoms with Crippen LogP contribution in [-0.2, 0) is 20.8 Å². The molecule has 196 valence electrons. The van der Waals surface area contributed by atoms with Gasteiger partial charge in [-0.1, -0.05) is 105 Å². The van der Waals surface area contributed by atoms with Crippen molar-refractivity contribution in [2.24, 2.45) is 0 Å². The molecule has 1 heterocycles. The monoisotopic (exact) mass is 642 g/mol. The summed E-state index contributed by atoms with van der Waals surface area (Å²) in [6.45, 7) is 11.4. The molecule has 0 nitrogen and oxygen atoms in total. The number of halogens is 2. The minimum absolute atomic E-state index is 0.532. The van der Waals surface area contributed by atoms with Gasteiger partial charge in [-0.05, 0) is 29.9 Å². The van der Waals surface area contributed by atoms with E-state index in [0.29, 0.717) is 11.8 Å². The van der Waals surface area contributed by atoms with Crippen molar-refractivity contribution >= 4 is 47.7 Å². The molecule has 6 rings (SSSR count). The average Bonchev–Trinajstić information content (AvgIpc) is 3.55. The fourth-order valence-corrected chi connectivity index (χ4v) is 6.56. The molecule has 1 aliphatic heterocycles. The second kappa shape index (κ2) is 14.2. The summed E-state index contributed by atoms with van der Waals surface area (Å²) < 4.78 is 0. The van der Waals surface area contributed by atoms with E-state index in [1.165, 1.54) is 66.5 Å². The zero-order valence-corrected chi connectivity index (χ0v) is 28.2. The summed E-state index contributed by atoms with van der Waals surface area (Å²) in [5, 5.41) is 5.61. The standard InChI is InChI=1S/C23H27.C12H7Si.2ClH.Zr/c1-6-16(4)19-13-18-12-11-17(5)23(22(18)14-19)21-10-8-7-9-20(21)15(2)3;1-3-7-11-9(5-1)10-6-2-4-8-12(10)13-11;;;/h7-16H,6H2,1-5H3;1-7H;2*1H;/q2*-1;;;+4/p-2. The Morgan fingerprint density at radius 3 is 2.26 bits per heavy atom. The van der Waals surface area contributed by atoms with Crippen LogP contribution >= 0.6 is 17.0 Å². The molecule has 0 aromatic heterocycles. The molecule has 1 unspecified atom stereocenters. The van der Waals surface area contributed by atoms with E-state index in [2.05, 4.69) is 126 Å². The topological polar surface area (TPSA) is 0 Å². The maximum atomic E-state index is 4.93. The molecule has 1 aliphatic rings. The van der Waals surface area contributed by atoms with Crippen molar-refractivity contribution in [2.75, 3.05) is 0 Å². The first-order valence-electron chi connectivity index (χ1n) is 13.5. The van der Waals surface area contributed by atoms with Gasteiger partial charge >= 0.3 is 37.9 Å². The van der Waals surface area contributed by atoms with Crippen LogP contribution in [0.3, 0.4) is 0 Å². The van der Waals surface area contributed by atoms with Crippen LogP contribution < -0.4 is 10.4 Å². The number of aryl methyl sites for hydroxylation is 1. The van der Waals surface area contributed by atoms with Gasteiger partial charge in [0, 0.05) is 0 Å². The molecule has 2 radical (unpaired) electrons. The first-order valence-corrected chi connectivity index (χ1v) is 20.8. The second-order valence-corrected chi connectivity index (χ2v) is 15.3. The molecule has 0 fully saturated rings. The average molecular weight is 645 g/mol. The van der Waals surface area contributed by atoms with Gasteiger partial charge in [0.1, 0.15) is 0 Å². The van der Waals surface area contributed by atoms with E-state index in [1.807, 2.05) is 6.07 Å². The van der Waals surface area contributed by atoms with E-state index in [4.69, 9.17) is 17.0 Å². The third kappa shape index (κ3) is 6.91. The maximum absolute atomic E-state index is 4.93. The minimum Gasteiger partial charge on any atom is -0.184 e. The van der Waals surface area contributed by atoms with Crippen molar-refractivity contribution in [1.82, 2.24) is 0 Å². The largest absolute Gasteiger partial charge is 0.184 e. The summed E-state index contributed by atoms with van der Waals surface area (Å²) in [7, 11) is 10.7. The van der Waals surface area contributed by atoms with Crippen LogP contribution in [-0.4, -0.2) is 9.52 Å². The van der Waals surface area contributed by atoms with Crippen LogP contribution in [0.25, 0.3) is 33.0 Å². The van der Waals surface area contributed by atoms with Gasteiger partial charge in [-0.15, -0.1) is 40.1 Å². The Labute approximate surface area is 255 Å². The normalized spacial score (nSPS) is 12.0. The molecule has 5 aromatic carbocycles. The van der Waals surface area contributed by atoms with Gasteiger partial charge in [-0.3, -0.25) is 0 Å². The van der Waals surface area contributed by atoms with Crippen molar-refractivity contribution in [2.45, 2.75) is 52.9 Å². The summed E-state index contributed by atoms with van der Waals surface area (Å²) in [4.78, 5) is 0. The zero-order valence-electron chi connectivity index (χ0n) is 23.3. The van der Waals surface area contributed by atoms with Crippen LogP contribution in [0.15, 0.2) is 91.0 Å². The molecule has 0 saturated heterocycles. The number of benzene rings is 4. The summed E-state index contributed by atoms with van der Waals surface area (Å²) >= 11 is -0.826. The molecular weight excluding hydrogens is 611 g/mol. The van der Waals surface area contributed by atoms with E-state index in [-0.39, 0.29) is 0 Å². The van der Waals surface area contributed by atoms with Gasteiger partial charge < -0.3 is 0 Å². The summed E-state index contributed by atoms with van der Waals surface area (Å²) in [5.41, 5.74) is 9.86. The Hall–Kier alpha value is -1.83. The Kier molecular flexibility index (Phi) is 11.0. The minimum atomic E-state index is -0.826. The van der Waals surface area contributed by atoms with Crippen LogP contribution in [0.2, 0.25) is 0 Å². The molecule has 0 amide bonds. The van der Waals surface area contributed by atoms with E-state index >= 15 is 0 Å². The molecular formula is C35H34Cl2SiZr. The molecule has 0 saturated carbocycles. The molecule has 0 spiro atoms. The molecule has 39 heavy (non-hydrogen) atoms. The molecule has 0 bridgehead atoms. The Balaban J connectivity index is 0.000000184. The summed E-state index contributed by atoms with van der Waals surface area (Å²) in [5.74, 6) is 1.15. The Bertz CT molecular complexity index is 1490. The zero-order chi connectivity index (χ0) is 27.9. The smallest absolute Gasteiger partial charge is 0.0920 e. The molecule has 0 aliphatic carbocycles. The van der Waals surface area contributed by atoms with Crippen molar-refractivity contribution in [3.8, 4) is 22.3 Å². The molecule has 0 N–H and O–H groups in total. The van der Waals surface area contributed by atoms with E-state index in [9.17, 15) is 0 Å². The fraction of sp³-hybridized carbons (Fsp3) is 0.229. The molecule has 5 aromatic rings. The van der Waals surface area contributed by atoms with Crippen LogP contribution in [0.1, 0.15) is 62.6 Å². The van der Waals surface area contributed by atoms with Gasteiger partial charge in [0.2, 0.25) is 0 Å². The Morgan fingerprint density at radius 1 is 0.872 bits per heavy atom. The Morgan fingerprint density at radius 2 is 1.54 bits per heavy atom. The number of rotatable bonds is 4. The van der Waals surface area contributed by atoms with Crippen molar-refractivity contribution in [3.05, 3.63) is 114 Å². The third-order valence-corrected chi connectivity index (χ3v) is 8.86. The fourth-order valence-electron chi connectivity index (χ4n) is 5.25. The van der Waals surface area contributed by atoms with Gasteiger partial charge in [0.15, 0.2) is 0 Å². The first kappa shape index (κ1) is 30.1. The molecule has 1 atom stereocenters. The number of hydrogen-bond acceptors (Lipinski definition) is 0. The van der Waals surface area contributed by atoms with Crippen LogP contribution in [0, 0.1) is 13.0 Å². The van der Waals surface area contributed by atoms with Crippen molar-refractivity contribution < 1.29 is 20.8 Å². The maximum Gasteiger partial charge on any atom is 0.0920 e. The van der Waals surface area contributed by atoms with Crippen LogP contribution in [0.4, 0.5) is 0 Å². The van der Waals surface area contributed by atoms with Gasteiger partial charge in [-0.2, -0.15) is 35.5 Å². The predicted octanol–water partition coefficient (Wildman–Crippen LogP) is 9.67. The van der Waals surface area contributed by atoms with E-state index in [1.54, 1.807) is 0 Å².